The first-order valence-electron chi connectivity index (χ1n) is 3.34. The minimum absolute atomic E-state index is 0.421. The normalized spacial score (nSPS) is 17.6. The monoisotopic (exact) mass is 168 g/mol. The Bertz CT molecular complexity index is 150. The Labute approximate surface area is 63.6 Å². The molecule has 0 aromatic rings. The van der Waals surface area contributed by atoms with Gasteiger partial charge in [-0.15, -0.1) is 0 Å². The minimum Gasteiger partial charge on any atom is -0.300 e. The van der Waals surface area contributed by atoms with Crippen LogP contribution in [0.3, 0.4) is 0 Å². The fourth-order valence-corrected chi connectivity index (χ4v) is 0.636. The van der Waals surface area contributed by atoms with Crippen molar-refractivity contribution in [1.29, 1.82) is 0 Å². The molecule has 0 aliphatic heterocycles. The summed E-state index contributed by atoms with van der Waals surface area (Å²) in [4.78, 5) is 10.5. The average Bonchev–Trinajstić information content (AvgIpc) is 1.82. The number of hydrogen-bond donors (Lipinski definition) is 0. The number of alkyl halides is 3. The van der Waals surface area contributed by atoms with Gasteiger partial charge in [-0.1, -0.05) is 13.8 Å². The van der Waals surface area contributed by atoms with Gasteiger partial charge in [-0.05, 0) is 6.92 Å². The van der Waals surface area contributed by atoms with E-state index in [1.54, 1.807) is 0 Å². The Morgan fingerprint density at radius 2 is 1.64 bits per heavy atom. The van der Waals surface area contributed by atoms with Gasteiger partial charge < -0.3 is 0 Å². The molecule has 4 heteroatoms. The Morgan fingerprint density at radius 1 is 1.27 bits per heavy atom. The van der Waals surface area contributed by atoms with Gasteiger partial charge >= 0.3 is 6.18 Å². The molecule has 0 saturated heterocycles. The number of carbonyl (C=O) groups excluding carboxylic acids is 1. The average molecular weight is 168 g/mol. The first-order chi connectivity index (χ1) is 4.76. The Kier molecular flexibility index (Phi) is 3.08. The Morgan fingerprint density at radius 3 is 1.73 bits per heavy atom. The van der Waals surface area contributed by atoms with E-state index in [0.717, 1.165) is 6.92 Å². The van der Waals surface area contributed by atoms with Crippen molar-refractivity contribution < 1.29 is 18.0 Å². The number of halogens is 3. The molecule has 66 valence electrons. The van der Waals surface area contributed by atoms with Crippen LogP contribution in [0.25, 0.3) is 0 Å². The van der Waals surface area contributed by atoms with Gasteiger partial charge in [0.25, 0.3) is 0 Å². The first kappa shape index (κ1) is 10.5. The van der Waals surface area contributed by atoms with E-state index in [4.69, 9.17) is 0 Å². The van der Waals surface area contributed by atoms with Crippen LogP contribution >= 0.6 is 0 Å². The molecular formula is C7H11F3O. The van der Waals surface area contributed by atoms with Gasteiger partial charge in [0.05, 0.1) is 5.92 Å². The highest BCUT2D eigenvalue weighted by Crippen LogP contribution is 2.31. The van der Waals surface area contributed by atoms with E-state index in [9.17, 15) is 18.0 Å². The molecule has 0 aromatic heterocycles. The predicted molar refractivity (Wildman–Crippen MR) is 35.1 cm³/mol. The summed E-state index contributed by atoms with van der Waals surface area (Å²) in [6.45, 7) is 3.49. The summed E-state index contributed by atoms with van der Waals surface area (Å²) in [5.41, 5.74) is 0. The van der Waals surface area contributed by atoms with Crippen LogP contribution in [0.4, 0.5) is 13.2 Å². The summed E-state index contributed by atoms with van der Waals surface area (Å²) in [5.74, 6) is -2.90. The van der Waals surface area contributed by atoms with Crippen molar-refractivity contribution in [2.75, 3.05) is 0 Å². The molecule has 0 rings (SSSR count). The molecule has 1 nitrogen and oxygen atoms in total. The maximum absolute atomic E-state index is 11.9. The van der Waals surface area contributed by atoms with Crippen LogP contribution in [-0.4, -0.2) is 12.0 Å². The number of ketones is 1. The fraction of sp³-hybridized carbons (Fsp3) is 0.857. The van der Waals surface area contributed by atoms with Gasteiger partial charge in [-0.25, -0.2) is 0 Å². The molecule has 2 unspecified atom stereocenters. The molecule has 0 fully saturated rings. The molecule has 11 heavy (non-hydrogen) atoms. The van der Waals surface area contributed by atoms with Gasteiger partial charge in [0.2, 0.25) is 0 Å². The summed E-state index contributed by atoms with van der Waals surface area (Å²) in [5, 5.41) is 0. The third-order valence-corrected chi connectivity index (χ3v) is 1.91. The second-order valence-corrected chi connectivity index (χ2v) is 2.73. The van der Waals surface area contributed by atoms with E-state index >= 15 is 0 Å². The summed E-state index contributed by atoms with van der Waals surface area (Å²) in [6, 6.07) is 0. The van der Waals surface area contributed by atoms with E-state index in [-0.39, 0.29) is 0 Å². The van der Waals surface area contributed by atoms with Crippen LogP contribution in [0, 0.1) is 11.8 Å². The first-order valence-corrected chi connectivity index (χ1v) is 3.34. The standard InChI is InChI=1S/C7H11F3O/c1-4(6(3)11)5(2)7(8,9)10/h4-5H,1-3H3. The topological polar surface area (TPSA) is 17.1 Å². The number of hydrogen-bond acceptors (Lipinski definition) is 1. The van der Waals surface area contributed by atoms with Crippen LogP contribution in [-0.2, 0) is 4.79 Å². The largest absolute Gasteiger partial charge is 0.392 e. The third-order valence-electron chi connectivity index (χ3n) is 1.91. The lowest BCUT2D eigenvalue weighted by atomic mass is 9.92. The molecule has 0 aromatic carbocycles. The molecule has 0 aliphatic carbocycles. The lowest BCUT2D eigenvalue weighted by molar-refractivity contribution is -0.184. The van der Waals surface area contributed by atoms with E-state index < -0.39 is 23.8 Å². The van der Waals surface area contributed by atoms with Crippen LogP contribution < -0.4 is 0 Å². The maximum atomic E-state index is 11.9. The molecular weight excluding hydrogens is 157 g/mol. The van der Waals surface area contributed by atoms with Crippen molar-refractivity contribution in [2.24, 2.45) is 11.8 Å². The van der Waals surface area contributed by atoms with E-state index in [0.29, 0.717) is 0 Å². The van der Waals surface area contributed by atoms with Crippen molar-refractivity contribution in [3.05, 3.63) is 0 Å². The fourth-order valence-electron chi connectivity index (χ4n) is 0.636. The molecule has 0 N–H and O–H groups in total. The highest BCUT2D eigenvalue weighted by Gasteiger charge is 2.40. The molecule has 0 heterocycles. The van der Waals surface area contributed by atoms with Crippen LogP contribution in [0.5, 0.6) is 0 Å². The van der Waals surface area contributed by atoms with E-state index in [2.05, 4.69) is 0 Å². The molecule has 0 aliphatic rings. The zero-order chi connectivity index (χ0) is 9.23. The number of Topliss-reactive ketones (excluding diaryl/α,β-unsaturated/α-hetero) is 1. The lowest BCUT2D eigenvalue weighted by Gasteiger charge is -2.19. The Balaban J connectivity index is 4.25. The Hall–Kier alpha value is -0.540. The summed E-state index contributed by atoms with van der Waals surface area (Å²) in [7, 11) is 0. The van der Waals surface area contributed by atoms with Crippen molar-refractivity contribution in [3.63, 3.8) is 0 Å². The maximum Gasteiger partial charge on any atom is 0.392 e. The second-order valence-electron chi connectivity index (χ2n) is 2.73. The van der Waals surface area contributed by atoms with Crippen molar-refractivity contribution in [1.82, 2.24) is 0 Å². The van der Waals surface area contributed by atoms with E-state index in [1.165, 1.54) is 13.8 Å². The summed E-state index contributed by atoms with van der Waals surface area (Å²) < 4.78 is 35.7. The molecule has 0 amide bonds. The molecule has 2 atom stereocenters. The van der Waals surface area contributed by atoms with Crippen molar-refractivity contribution in [3.8, 4) is 0 Å². The number of rotatable bonds is 2. The predicted octanol–water partition coefficient (Wildman–Crippen LogP) is 2.41. The van der Waals surface area contributed by atoms with E-state index in [1.807, 2.05) is 0 Å². The van der Waals surface area contributed by atoms with Gasteiger partial charge in [0, 0.05) is 5.92 Å². The zero-order valence-electron chi connectivity index (χ0n) is 6.70. The van der Waals surface area contributed by atoms with Crippen molar-refractivity contribution >= 4 is 5.78 Å². The van der Waals surface area contributed by atoms with Gasteiger partial charge in [-0.3, -0.25) is 4.79 Å². The quantitative estimate of drug-likeness (QED) is 0.618. The highest BCUT2D eigenvalue weighted by atomic mass is 19.4. The SMILES string of the molecule is CC(=O)C(C)C(C)C(F)(F)F. The molecule has 0 saturated carbocycles. The minimum atomic E-state index is -4.26. The highest BCUT2D eigenvalue weighted by molar-refractivity contribution is 5.78. The third kappa shape index (κ3) is 2.91. The summed E-state index contributed by atoms with van der Waals surface area (Å²) >= 11 is 0. The summed E-state index contributed by atoms with van der Waals surface area (Å²) in [6.07, 6.45) is -4.26. The van der Waals surface area contributed by atoms with Crippen LogP contribution in [0.2, 0.25) is 0 Å². The van der Waals surface area contributed by atoms with Crippen LogP contribution in [0.1, 0.15) is 20.8 Å². The smallest absolute Gasteiger partial charge is 0.300 e. The molecule has 0 spiro atoms. The number of carbonyl (C=O) groups is 1. The zero-order valence-corrected chi connectivity index (χ0v) is 6.70. The lowest BCUT2D eigenvalue weighted by Crippen LogP contribution is -2.29. The second kappa shape index (κ2) is 3.24. The van der Waals surface area contributed by atoms with Crippen LogP contribution in [0.15, 0.2) is 0 Å². The van der Waals surface area contributed by atoms with Gasteiger partial charge in [-0.2, -0.15) is 13.2 Å². The van der Waals surface area contributed by atoms with Gasteiger partial charge in [0.1, 0.15) is 5.78 Å². The molecule has 0 bridgehead atoms. The van der Waals surface area contributed by atoms with Crippen molar-refractivity contribution in [2.45, 2.75) is 26.9 Å². The molecule has 0 radical (unpaired) electrons. The van der Waals surface area contributed by atoms with Gasteiger partial charge in [0.15, 0.2) is 0 Å².